The summed E-state index contributed by atoms with van der Waals surface area (Å²) in [6, 6.07) is 2.66. The highest BCUT2D eigenvalue weighted by atomic mass is 32.1. The number of methoxy groups -OCH3 is 1. The van der Waals surface area contributed by atoms with Gasteiger partial charge in [0.2, 0.25) is 5.91 Å². The molecule has 0 atom stereocenters. The molecule has 2 aliphatic rings. The van der Waals surface area contributed by atoms with Crippen LogP contribution >= 0.6 is 12.2 Å². The maximum Gasteiger partial charge on any atom is 0.283 e. The molecule has 2 aromatic rings. The Bertz CT molecular complexity index is 1170. The van der Waals surface area contributed by atoms with Crippen LogP contribution in [0.1, 0.15) is 22.5 Å². The summed E-state index contributed by atoms with van der Waals surface area (Å²) < 4.78 is 6.05. The van der Waals surface area contributed by atoms with Gasteiger partial charge >= 0.3 is 0 Å². The average Bonchev–Trinajstić information content (AvgIpc) is 3.11. The van der Waals surface area contributed by atoms with Gasteiger partial charge in [-0.2, -0.15) is 0 Å². The van der Waals surface area contributed by atoms with Crippen molar-refractivity contribution in [3.05, 3.63) is 56.0 Å². The molecular formula is C18H17N7O5S. The second-order valence-corrected chi connectivity index (χ2v) is 7.22. The van der Waals surface area contributed by atoms with E-state index in [2.05, 4.69) is 10.4 Å². The number of carbonyl (C=O) groups is 1. The van der Waals surface area contributed by atoms with Gasteiger partial charge in [0.1, 0.15) is 11.5 Å². The van der Waals surface area contributed by atoms with Crippen LogP contribution in [0.3, 0.4) is 0 Å². The predicted molar refractivity (Wildman–Crippen MR) is 112 cm³/mol. The number of hydrogen-bond donors (Lipinski definition) is 2. The van der Waals surface area contributed by atoms with Gasteiger partial charge in [-0.1, -0.05) is 16.9 Å². The maximum atomic E-state index is 12.4. The fourth-order valence-corrected chi connectivity index (χ4v) is 3.87. The number of fused-ring (bicyclic) bond motifs is 2. The van der Waals surface area contributed by atoms with E-state index < -0.39 is 4.92 Å². The number of benzene rings is 1. The Morgan fingerprint density at radius 3 is 2.77 bits per heavy atom. The molecule has 1 aromatic carbocycles. The Morgan fingerprint density at radius 1 is 1.42 bits per heavy atom. The van der Waals surface area contributed by atoms with Gasteiger partial charge in [-0.15, -0.1) is 0 Å². The zero-order valence-electron chi connectivity index (χ0n) is 16.3. The lowest BCUT2D eigenvalue weighted by Crippen LogP contribution is -2.46. The van der Waals surface area contributed by atoms with E-state index in [0.717, 1.165) is 4.68 Å². The molecule has 2 heterocycles. The fourth-order valence-electron chi connectivity index (χ4n) is 3.57. The number of nitro benzene ring substituents is 1. The van der Waals surface area contributed by atoms with E-state index in [1.54, 1.807) is 4.90 Å². The number of hydrogen-bond acceptors (Lipinski definition) is 9. The molecule has 1 fully saturated rings. The molecule has 1 aliphatic heterocycles. The smallest absolute Gasteiger partial charge is 0.283 e. The van der Waals surface area contributed by atoms with Crippen molar-refractivity contribution in [3.63, 3.8) is 0 Å². The molecule has 1 aliphatic carbocycles. The van der Waals surface area contributed by atoms with Gasteiger partial charge in [0, 0.05) is 47.9 Å². The molecule has 31 heavy (non-hydrogen) atoms. The lowest BCUT2D eigenvalue weighted by atomic mass is 9.88. The summed E-state index contributed by atoms with van der Waals surface area (Å²) in [5.74, 6) is -0.106. The fraction of sp³-hybridized carbons (Fsp3) is 0.278. The van der Waals surface area contributed by atoms with Crippen molar-refractivity contribution in [1.29, 1.82) is 5.41 Å². The number of nitro groups is 1. The number of thiocarbonyl (C=S) groups is 1. The van der Waals surface area contributed by atoms with Crippen LogP contribution in [0.2, 0.25) is 0 Å². The molecule has 4 rings (SSSR count). The minimum absolute atomic E-state index is 0.0230. The molecular weight excluding hydrogens is 426 g/mol. The SMILES string of the molecule is COc1cc2c(c([N+](=O)[O-])c1)C(=N)c1c(n[n+]([O-])n1/C=C/C(=O)N1CCNCC1)C2=S. The zero-order chi connectivity index (χ0) is 22.3. The number of amides is 1. The Labute approximate surface area is 180 Å². The predicted octanol–water partition coefficient (Wildman–Crippen LogP) is -0.168. The Kier molecular flexibility index (Phi) is 5.20. The van der Waals surface area contributed by atoms with E-state index in [1.165, 1.54) is 31.5 Å². The molecule has 0 unspecified atom stereocenters. The van der Waals surface area contributed by atoms with Gasteiger partial charge in [0.05, 0.1) is 34.7 Å². The molecule has 1 amide bonds. The summed E-state index contributed by atoms with van der Waals surface area (Å²) in [6.07, 6.45) is 2.40. The Morgan fingerprint density at radius 2 is 2.13 bits per heavy atom. The highest BCUT2D eigenvalue weighted by Crippen LogP contribution is 2.36. The molecule has 1 aromatic heterocycles. The van der Waals surface area contributed by atoms with Crippen LogP contribution < -0.4 is 15.0 Å². The summed E-state index contributed by atoms with van der Waals surface area (Å²) in [4.78, 5) is 25.3. The first-order valence-electron chi connectivity index (χ1n) is 9.24. The number of carbonyl (C=O) groups excluding carboxylic acids is 1. The van der Waals surface area contributed by atoms with Crippen molar-refractivity contribution in [2.75, 3.05) is 33.3 Å². The van der Waals surface area contributed by atoms with Gasteiger partial charge in [-0.3, -0.25) is 20.3 Å². The third-order valence-electron chi connectivity index (χ3n) is 5.08. The second-order valence-electron chi connectivity index (χ2n) is 6.82. The summed E-state index contributed by atoms with van der Waals surface area (Å²) >= 11 is 5.42. The first-order valence-corrected chi connectivity index (χ1v) is 9.65. The molecule has 2 N–H and O–H groups in total. The van der Waals surface area contributed by atoms with E-state index >= 15 is 0 Å². The second kappa shape index (κ2) is 7.85. The topological polar surface area (TPSA) is 153 Å². The molecule has 0 saturated carbocycles. The number of piperazine rings is 1. The van der Waals surface area contributed by atoms with Crippen LogP contribution in [-0.2, 0) is 4.79 Å². The number of ether oxygens (including phenoxy) is 1. The normalized spacial score (nSPS) is 15.7. The molecule has 0 radical (unpaired) electrons. The summed E-state index contributed by atoms with van der Waals surface area (Å²) in [5.41, 5.74) is -0.487. The van der Waals surface area contributed by atoms with E-state index in [-0.39, 0.29) is 55.4 Å². The van der Waals surface area contributed by atoms with Crippen LogP contribution in [0.15, 0.2) is 18.2 Å². The summed E-state index contributed by atoms with van der Waals surface area (Å²) in [6.45, 7) is 2.41. The maximum absolute atomic E-state index is 12.4. The van der Waals surface area contributed by atoms with E-state index in [4.69, 9.17) is 22.4 Å². The highest BCUT2D eigenvalue weighted by Gasteiger charge is 2.39. The van der Waals surface area contributed by atoms with Crippen LogP contribution in [0, 0.1) is 20.7 Å². The zero-order valence-corrected chi connectivity index (χ0v) is 17.1. The number of nitrogens with zero attached hydrogens (tertiary/aromatic N) is 5. The van der Waals surface area contributed by atoms with E-state index in [1.807, 2.05) is 0 Å². The van der Waals surface area contributed by atoms with Crippen molar-refractivity contribution < 1.29 is 19.4 Å². The van der Waals surface area contributed by atoms with Crippen molar-refractivity contribution in [3.8, 4) is 5.75 Å². The van der Waals surface area contributed by atoms with Crippen LogP contribution in [-0.4, -0.2) is 69.4 Å². The minimum Gasteiger partial charge on any atom is -0.571 e. The number of aromatic nitrogens is 3. The van der Waals surface area contributed by atoms with Crippen molar-refractivity contribution in [1.82, 2.24) is 20.0 Å². The third kappa shape index (κ3) is 3.43. The highest BCUT2D eigenvalue weighted by molar-refractivity contribution is 7.81. The Hall–Kier alpha value is -3.71. The van der Waals surface area contributed by atoms with Gasteiger partial charge in [0.15, 0.2) is 11.4 Å². The third-order valence-corrected chi connectivity index (χ3v) is 5.49. The van der Waals surface area contributed by atoms with Gasteiger partial charge in [0.25, 0.3) is 5.69 Å². The first kappa shape index (κ1) is 20.6. The van der Waals surface area contributed by atoms with Crippen molar-refractivity contribution in [2.24, 2.45) is 0 Å². The molecule has 12 nitrogen and oxygen atoms in total. The lowest BCUT2D eigenvalue weighted by molar-refractivity contribution is -0.737. The molecule has 13 heteroatoms. The first-order chi connectivity index (χ1) is 14.8. The van der Waals surface area contributed by atoms with Crippen LogP contribution in [0.5, 0.6) is 5.75 Å². The summed E-state index contributed by atoms with van der Waals surface area (Å²) in [5, 5.41) is 39.7. The van der Waals surface area contributed by atoms with E-state index in [0.29, 0.717) is 26.2 Å². The van der Waals surface area contributed by atoms with Gasteiger partial charge < -0.3 is 20.2 Å². The van der Waals surface area contributed by atoms with Gasteiger partial charge in [-0.25, -0.2) is 0 Å². The minimum atomic E-state index is -0.640. The molecule has 1 saturated heterocycles. The standard InChI is InChI=1S/C18H17N7O5S/c1-30-10-8-11-14(12(9-10)24(27)28)15(19)17-16(18(11)31)21-25(29)23(17)5-2-13(26)22-6-3-20-4-7-22/h2,5,8-9,19-20H,3-4,6-7H2,1H3/b5-2+,19-15?. The lowest BCUT2D eigenvalue weighted by Gasteiger charge is -2.26. The molecule has 0 spiro atoms. The number of nitrogens with one attached hydrogen (secondary N) is 2. The Balaban J connectivity index is 1.79. The monoisotopic (exact) mass is 443 g/mol. The molecule has 0 bridgehead atoms. The molecule has 160 valence electrons. The summed E-state index contributed by atoms with van der Waals surface area (Å²) in [7, 11) is 1.36. The number of rotatable bonds is 4. The average molecular weight is 443 g/mol. The van der Waals surface area contributed by atoms with Crippen molar-refractivity contribution in [2.45, 2.75) is 0 Å². The van der Waals surface area contributed by atoms with Crippen LogP contribution in [0.4, 0.5) is 5.69 Å². The largest absolute Gasteiger partial charge is 0.571 e. The quantitative estimate of drug-likeness (QED) is 0.141. The van der Waals surface area contributed by atoms with E-state index in [9.17, 15) is 20.1 Å². The van der Waals surface area contributed by atoms with Gasteiger partial charge in [-0.05, 0) is 6.07 Å². The van der Waals surface area contributed by atoms with Crippen molar-refractivity contribution >= 4 is 40.6 Å². The van der Waals surface area contributed by atoms with Crippen LogP contribution in [0.25, 0.3) is 6.20 Å².